The van der Waals surface area contributed by atoms with Gasteiger partial charge in [-0.3, -0.25) is 4.79 Å². The molecule has 0 spiro atoms. The molecular formula is C13H26N2O. The molecule has 0 unspecified atom stereocenters. The quantitative estimate of drug-likeness (QED) is 0.705. The van der Waals surface area contributed by atoms with Crippen LogP contribution in [0.15, 0.2) is 0 Å². The zero-order valence-electron chi connectivity index (χ0n) is 10.9. The van der Waals surface area contributed by atoms with Crippen LogP contribution < -0.4 is 10.6 Å². The highest BCUT2D eigenvalue weighted by Crippen LogP contribution is 2.34. The topological polar surface area (TPSA) is 41.1 Å². The molecule has 1 rings (SSSR count). The van der Waals surface area contributed by atoms with Gasteiger partial charge in [-0.25, -0.2) is 0 Å². The van der Waals surface area contributed by atoms with Crippen molar-refractivity contribution in [3.05, 3.63) is 0 Å². The first-order valence-electron chi connectivity index (χ1n) is 6.47. The van der Waals surface area contributed by atoms with Gasteiger partial charge in [0, 0.05) is 12.5 Å². The van der Waals surface area contributed by atoms with Crippen LogP contribution in [0, 0.1) is 5.41 Å². The Morgan fingerprint density at radius 3 is 2.50 bits per heavy atom. The molecule has 1 aliphatic rings. The number of rotatable bonds is 5. The first kappa shape index (κ1) is 13.5. The Bertz CT molecular complexity index is 216. The molecule has 1 fully saturated rings. The molecule has 0 bridgehead atoms. The molecule has 0 aromatic heterocycles. The number of carbonyl (C=O) groups is 1. The molecular weight excluding hydrogens is 200 g/mol. The average molecular weight is 226 g/mol. The Morgan fingerprint density at radius 2 is 1.94 bits per heavy atom. The van der Waals surface area contributed by atoms with E-state index in [0.29, 0.717) is 17.9 Å². The summed E-state index contributed by atoms with van der Waals surface area (Å²) in [7, 11) is 1.92. The molecule has 1 aliphatic carbocycles. The molecule has 0 atom stereocenters. The lowest BCUT2D eigenvalue weighted by molar-refractivity contribution is -0.122. The minimum absolute atomic E-state index is 0.222. The van der Waals surface area contributed by atoms with E-state index in [1.54, 1.807) is 0 Å². The lowest BCUT2D eigenvalue weighted by Gasteiger charge is -2.34. The second-order valence-electron chi connectivity index (χ2n) is 5.71. The lowest BCUT2D eigenvalue weighted by atomic mass is 9.75. The van der Waals surface area contributed by atoms with Crippen LogP contribution in [0.2, 0.25) is 0 Å². The fourth-order valence-corrected chi connectivity index (χ4v) is 2.27. The summed E-state index contributed by atoms with van der Waals surface area (Å²) < 4.78 is 0. The van der Waals surface area contributed by atoms with E-state index >= 15 is 0 Å². The summed E-state index contributed by atoms with van der Waals surface area (Å²) in [5.41, 5.74) is 0.480. The summed E-state index contributed by atoms with van der Waals surface area (Å²) in [5, 5.41) is 6.21. The largest absolute Gasteiger partial charge is 0.353 e. The Labute approximate surface area is 99.4 Å². The van der Waals surface area contributed by atoms with E-state index < -0.39 is 0 Å². The summed E-state index contributed by atoms with van der Waals surface area (Å²) in [5.74, 6) is 0.222. The van der Waals surface area contributed by atoms with Crippen molar-refractivity contribution in [2.75, 3.05) is 13.6 Å². The number of hydrogen-bond acceptors (Lipinski definition) is 2. The van der Waals surface area contributed by atoms with E-state index in [-0.39, 0.29) is 5.91 Å². The highest BCUT2D eigenvalue weighted by Gasteiger charge is 2.27. The lowest BCUT2D eigenvalue weighted by Crippen LogP contribution is -2.39. The van der Waals surface area contributed by atoms with Crippen LogP contribution in [0.25, 0.3) is 0 Å². The highest BCUT2D eigenvalue weighted by atomic mass is 16.1. The number of nitrogens with one attached hydrogen (secondary N) is 2. The second kappa shape index (κ2) is 6.24. The van der Waals surface area contributed by atoms with Gasteiger partial charge in [0.25, 0.3) is 0 Å². The fourth-order valence-electron chi connectivity index (χ4n) is 2.27. The Hall–Kier alpha value is -0.570. The van der Waals surface area contributed by atoms with Crippen LogP contribution in [0.5, 0.6) is 0 Å². The van der Waals surface area contributed by atoms with Crippen molar-refractivity contribution in [2.45, 2.75) is 58.4 Å². The van der Waals surface area contributed by atoms with Crippen LogP contribution in [-0.4, -0.2) is 25.5 Å². The van der Waals surface area contributed by atoms with Gasteiger partial charge in [0.05, 0.1) is 0 Å². The fraction of sp³-hybridized carbons (Fsp3) is 0.923. The van der Waals surface area contributed by atoms with Crippen molar-refractivity contribution in [2.24, 2.45) is 5.41 Å². The van der Waals surface area contributed by atoms with Gasteiger partial charge in [-0.2, -0.15) is 0 Å². The predicted molar refractivity (Wildman–Crippen MR) is 67.3 cm³/mol. The van der Waals surface area contributed by atoms with Crippen molar-refractivity contribution in [3.63, 3.8) is 0 Å². The van der Waals surface area contributed by atoms with Gasteiger partial charge in [-0.15, -0.1) is 0 Å². The van der Waals surface area contributed by atoms with E-state index in [4.69, 9.17) is 0 Å². The summed E-state index contributed by atoms with van der Waals surface area (Å²) in [6, 6.07) is 0.426. The maximum Gasteiger partial charge on any atom is 0.220 e. The molecule has 0 saturated heterocycles. The molecule has 0 aromatic rings. The van der Waals surface area contributed by atoms with Crippen molar-refractivity contribution in [1.29, 1.82) is 0 Å². The molecule has 1 saturated carbocycles. The smallest absolute Gasteiger partial charge is 0.220 e. The summed E-state index contributed by atoms with van der Waals surface area (Å²) in [4.78, 5) is 11.6. The molecule has 0 radical (unpaired) electrons. The van der Waals surface area contributed by atoms with Crippen molar-refractivity contribution in [1.82, 2.24) is 10.6 Å². The predicted octanol–water partition coefficient (Wildman–Crippen LogP) is 2.07. The third kappa shape index (κ3) is 4.97. The van der Waals surface area contributed by atoms with Gasteiger partial charge >= 0.3 is 0 Å². The molecule has 0 heterocycles. The Kier molecular flexibility index (Phi) is 5.26. The normalized spacial score (nSPS) is 20.7. The minimum Gasteiger partial charge on any atom is -0.353 e. The van der Waals surface area contributed by atoms with Gasteiger partial charge < -0.3 is 10.6 Å². The standard InChI is InChI=1S/C13H26N2O/c1-13(2)8-6-11(7-9-13)15-12(16)5-4-10-14-3/h11,14H,4-10H2,1-3H3,(H,15,16). The number of carbonyl (C=O) groups excluding carboxylic acids is 1. The molecule has 2 N–H and O–H groups in total. The monoisotopic (exact) mass is 226 g/mol. The van der Waals surface area contributed by atoms with Crippen molar-refractivity contribution >= 4 is 5.91 Å². The van der Waals surface area contributed by atoms with Gasteiger partial charge in [0.2, 0.25) is 5.91 Å². The van der Waals surface area contributed by atoms with Crippen LogP contribution >= 0.6 is 0 Å². The highest BCUT2D eigenvalue weighted by molar-refractivity contribution is 5.76. The van der Waals surface area contributed by atoms with Gasteiger partial charge in [0.1, 0.15) is 0 Å². The number of hydrogen-bond donors (Lipinski definition) is 2. The summed E-state index contributed by atoms with van der Waals surface area (Å²) in [6.45, 7) is 5.56. The van der Waals surface area contributed by atoms with Crippen molar-refractivity contribution in [3.8, 4) is 0 Å². The molecule has 3 heteroatoms. The summed E-state index contributed by atoms with van der Waals surface area (Å²) >= 11 is 0. The van der Waals surface area contributed by atoms with E-state index in [0.717, 1.165) is 25.8 Å². The average Bonchev–Trinajstić information content (AvgIpc) is 2.22. The molecule has 1 amide bonds. The van der Waals surface area contributed by atoms with Crippen LogP contribution in [-0.2, 0) is 4.79 Å². The van der Waals surface area contributed by atoms with Crippen LogP contribution in [0.1, 0.15) is 52.4 Å². The zero-order valence-corrected chi connectivity index (χ0v) is 10.9. The van der Waals surface area contributed by atoms with E-state index in [2.05, 4.69) is 24.5 Å². The minimum atomic E-state index is 0.222. The summed E-state index contributed by atoms with van der Waals surface area (Å²) in [6.07, 6.45) is 6.33. The van der Waals surface area contributed by atoms with Crippen molar-refractivity contribution < 1.29 is 4.79 Å². The first-order chi connectivity index (χ1) is 7.53. The molecule has 16 heavy (non-hydrogen) atoms. The molecule has 0 aliphatic heterocycles. The van der Waals surface area contributed by atoms with Crippen LogP contribution in [0.4, 0.5) is 0 Å². The van der Waals surface area contributed by atoms with Gasteiger partial charge in [-0.05, 0) is 51.1 Å². The molecule has 94 valence electrons. The maximum atomic E-state index is 11.6. The van der Waals surface area contributed by atoms with E-state index in [9.17, 15) is 4.79 Å². The van der Waals surface area contributed by atoms with E-state index in [1.165, 1.54) is 12.8 Å². The first-order valence-corrected chi connectivity index (χ1v) is 6.47. The maximum absolute atomic E-state index is 11.6. The SMILES string of the molecule is CNCCCC(=O)NC1CCC(C)(C)CC1. The number of amides is 1. The molecule has 0 aromatic carbocycles. The Balaban J connectivity index is 2.16. The van der Waals surface area contributed by atoms with E-state index in [1.807, 2.05) is 7.05 Å². The van der Waals surface area contributed by atoms with Gasteiger partial charge in [-0.1, -0.05) is 13.8 Å². The zero-order chi connectivity index (χ0) is 12.0. The van der Waals surface area contributed by atoms with Gasteiger partial charge in [0.15, 0.2) is 0 Å². The second-order valence-corrected chi connectivity index (χ2v) is 5.71. The van der Waals surface area contributed by atoms with Crippen LogP contribution in [0.3, 0.4) is 0 Å². The Morgan fingerprint density at radius 1 is 1.31 bits per heavy atom. The molecule has 3 nitrogen and oxygen atoms in total. The third-order valence-corrected chi connectivity index (χ3v) is 3.53. The third-order valence-electron chi connectivity index (χ3n) is 3.53.